The van der Waals surface area contributed by atoms with Crippen molar-refractivity contribution in [3.05, 3.63) is 64.1 Å². The maximum absolute atomic E-state index is 12.1. The lowest BCUT2D eigenvalue weighted by Gasteiger charge is -2.18. The highest BCUT2D eigenvalue weighted by Gasteiger charge is 2.08. The third kappa shape index (κ3) is 5.07. The first-order valence-electron chi connectivity index (χ1n) is 6.95. The summed E-state index contributed by atoms with van der Waals surface area (Å²) < 4.78 is 1.04. The molecule has 0 radical (unpaired) electrons. The van der Waals surface area contributed by atoms with E-state index in [-0.39, 0.29) is 6.03 Å². The molecule has 5 heteroatoms. The predicted octanol–water partition coefficient (Wildman–Crippen LogP) is 4.51. The van der Waals surface area contributed by atoms with Gasteiger partial charge in [-0.1, -0.05) is 40.2 Å². The van der Waals surface area contributed by atoms with Crippen LogP contribution < -0.4 is 5.32 Å². The van der Waals surface area contributed by atoms with Crippen LogP contribution in [0.1, 0.15) is 11.1 Å². The molecule has 0 aliphatic rings. The molecule has 0 bridgehead atoms. The predicted molar refractivity (Wildman–Crippen MR) is 96.1 cm³/mol. The molecular formula is C17H19BrN2OS. The molecule has 3 nitrogen and oxygen atoms in total. The number of urea groups is 1. The van der Waals surface area contributed by atoms with Crippen molar-refractivity contribution in [1.29, 1.82) is 0 Å². The van der Waals surface area contributed by atoms with Gasteiger partial charge in [-0.05, 0) is 41.6 Å². The summed E-state index contributed by atoms with van der Waals surface area (Å²) in [4.78, 5) is 15.0. The summed E-state index contributed by atoms with van der Waals surface area (Å²) >= 11 is 5.12. The van der Waals surface area contributed by atoms with Gasteiger partial charge < -0.3 is 10.2 Å². The summed E-state index contributed by atoms with van der Waals surface area (Å²) in [6, 6.07) is 16.1. The first-order valence-corrected chi connectivity index (χ1v) is 8.96. The molecule has 0 heterocycles. The SMILES string of the molecule is CSc1ccc(CNC(=O)N(C)Cc2ccc(Br)cc2)cc1. The largest absolute Gasteiger partial charge is 0.334 e. The third-order valence-electron chi connectivity index (χ3n) is 3.28. The average molecular weight is 379 g/mol. The number of carbonyl (C=O) groups is 1. The zero-order valence-electron chi connectivity index (χ0n) is 12.7. The van der Waals surface area contributed by atoms with Crippen LogP contribution >= 0.6 is 27.7 Å². The van der Waals surface area contributed by atoms with Crippen molar-refractivity contribution in [2.45, 2.75) is 18.0 Å². The standard InChI is InChI=1S/C17H19BrN2OS/c1-20(12-14-3-7-15(18)8-4-14)17(21)19-11-13-5-9-16(22-2)10-6-13/h3-10H,11-12H2,1-2H3,(H,19,21). The molecule has 0 spiro atoms. The van der Waals surface area contributed by atoms with E-state index in [1.807, 2.05) is 42.7 Å². The van der Waals surface area contributed by atoms with E-state index in [4.69, 9.17) is 0 Å². The molecule has 0 atom stereocenters. The van der Waals surface area contributed by atoms with E-state index in [9.17, 15) is 4.79 Å². The number of halogens is 1. The van der Waals surface area contributed by atoms with Crippen molar-refractivity contribution in [3.63, 3.8) is 0 Å². The second kappa shape index (κ2) is 8.25. The number of hydrogen-bond acceptors (Lipinski definition) is 2. The normalized spacial score (nSPS) is 10.3. The van der Waals surface area contributed by atoms with Crippen LogP contribution in [0.25, 0.3) is 0 Å². The van der Waals surface area contributed by atoms with Crippen LogP contribution in [0, 0.1) is 0 Å². The van der Waals surface area contributed by atoms with Gasteiger partial charge in [0.1, 0.15) is 0 Å². The molecule has 116 valence electrons. The lowest BCUT2D eigenvalue weighted by molar-refractivity contribution is 0.206. The molecule has 0 aromatic heterocycles. The topological polar surface area (TPSA) is 32.3 Å². The van der Waals surface area contributed by atoms with Gasteiger partial charge >= 0.3 is 6.03 Å². The Morgan fingerprint density at radius 3 is 2.27 bits per heavy atom. The fourth-order valence-corrected chi connectivity index (χ4v) is 2.66. The van der Waals surface area contributed by atoms with E-state index in [0.29, 0.717) is 13.1 Å². The summed E-state index contributed by atoms with van der Waals surface area (Å²) in [5.74, 6) is 0. The molecule has 22 heavy (non-hydrogen) atoms. The Morgan fingerprint density at radius 1 is 1.09 bits per heavy atom. The molecule has 2 rings (SSSR count). The second-order valence-electron chi connectivity index (χ2n) is 4.99. The lowest BCUT2D eigenvalue weighted by atomic mass is 10.2. The molecule has 0 aliphatic carbocycles. The zero-order chi connectivity index (χ0) is 15.9. The van der Waals surface area contributed by atoms with Crippen molar-refractivity contribution in [2.75, 3.05) is 13.3 Å². The van der Waals surface area contributed by atoms with Gasteiger partial charge in [-0.25, -0.2) is 4.79 Å². The monoisotopic (exact) mass is 378 g/mol. The van der Waals surface area contributed by atoms with Crippen LogP contribution in [-0.4, -0.2) is 24.2 Å². The van der Waals surface area contributed by atoms with Crippen LogP contribution in [0.4, 0.5) is 4.79 Å². The molecule has 2 aromatic carbocycles. The Morgan fingerprint density at radius 2 is 1.68 bits per heavy atom. The van der Waals surface area contributed by atoms with Gasteiger partial charge in [0.2, 0.25) is 0 Å². The van der Waals surface area contributed by atoms with Crippen LogP contribution in [-0.2, 0) is 13.1 Å². The van der Waals surface area contributed by atoms with Gasteiger partial charge in [0, 0.05) is 29.5 Å². The highest BCUT2D eigenvalue weighted by Crippen LogP contribution is 2.15. The summed E-state index contributed by atoms with van der Waals surface area (Å²) in [7, 11) is 1.80. The van der Waals surface area contributed by atoms with Crippen LogP contribution in [0.15, 0.2) is 57.9 Å². The Kier molecular flexibility index (Phi) is 6.34. The van der Waals surface area contributed by atoms with E-state index in [1.54, 1.807) is 23.7 Å². The minimum atomic E-state index is -0.0724. The highest BCUT2D eigenvalue weighted by atomic mass is 79.9. The number of benzene rings is 2. The first-order chi connectivity index (χ1) is 10.6. The summed E-state index contributed by atoms with van der Waals surface area (Å²) in [5, 5.41) is 2.94. The minimum absolute atomic E-state index is 0.0724. The summed E-state index contributed by atoms with van der Waals surface area (Å²) in [5.41, 5.74) is 2.20. The zero-order valence-corrected chi connectivity index (χ0v) is 15.1. The Bertz CT molecular complexity index is 614. The molecular weight excluding hydrogens is 360 g/mol. The number of amides is 2. The van der Waals surface area contributed by atoms with E-state index in [0.717, 1.165) is 15.6 Å². The first kappa shape index (κ1) is 16.9. The van der Waals surface area contributed by atoms with E-state index in [1.165, 1.54) is 4.90 Å². The molecule has 0 fully saturated rings. The number of thioether (sulfide) groups is 1. The average Bonchev–Trinajstić information content (AvgIpc) is 2.55. The van der Waals surface area contributed by atoms with Crippen molar-refractivity contribution < 1.29 is 4.79 Å². The van der Waals surface area contributed by atoms with Gasteiger partial charge in [0.05, 0.1) is 0 Å². The lowest BCUT2D eigenvalue weighted by Crippen LogP contribution is -2.36. The van der Waals surface area contributed by atoms with Gasteiger partial charge in [-0.2, -0.15) is 0 Å². The number of rotatable bonds is 5. The maximum Gasteiger partial charge on any atom is 0.317 e. The number of hydrogen-bond donors (Lipinski definition) is 1. The van der Waals surface area contributed by atoms with E-state index in [2.05, 4.69) is 33.4 Å². The molecule has 2 aromatic rings. The van der Waals surface area contributed by atoms with Crippen molar-refractivity contribution in [2.24, 2.45) is 0 Å². The summed E-state index contributed by atoms with van der Waals surface area (Å²) in [6.45, 7) is 1.13. The number of nitrogens with zero attached hydrogens (tertiary/aromatic N) is 1. The Hall–Kier alpha value is -1.46. The summed E-state index contributed by atoms with van der Waals surface area (Å²) in [6.07, 6.45) is 2.05. The Labute approximate surface area is 144 Å². The quantitative estimate of drug-likeness (QED) is 0.776. The molecule has 0 saturated heterocycles. The smallest absolute Gasteiger partial charge is 0.317 e. The van der Waals surface area contributed by atoms with Crippen molar-refractivity contribution >= 4 is 33.7 Å². The fourth-order valence-electron chi connectivity index (χ4n) is 1.99. The van der Waals surface area contributed by atoms with Crippen LogP contribution in [0.5, 0.6) is 0 Å². The van der Waals surface area contributed by atoms with Crippen molar-refractivity contribution in [3.8, 4) is 0 Å². The maximum atomic E-state index is 12.1. The Balaban J connectivity index is 1.84. The molecule has 0 aliphatic heterocycles. The second-order valence-corrected chi connectivity index (χ2v) is 6.78. The van der Waals surface area contributed by atoms with Crippen LogP contribution in [0.3, 0.4) is 0 Å². The van der Waals surface area contributed by atoms with E-state index >= 15 is 0 Å². The minimum Gasteiger partial charge on any atom is -0.334 e. The molecule has 1 N–H and O–H groups in total. The van der Waals surface area contributed by atoms with Crippen LogP contribution in [0.2, 0.25) is 0 Å². The molecule has 2 amide bonds. The molecule has 0 unspecified atom stereocenters. The van der Waals surface area contributed by atoms with Gasteiger partial charge in [-0.3, -0.25) is 0 Å². The fraction of sp³-hybridized carbons (Fsp3) is 0.235. The van der Waals surface area contributed by atoms with E-state index < -0.39 is 0 Å². The number of nitrogens with one attached hydrogen (secondary N) is 1. The van der Waals surface area contributed by atoms with Gasteiger partial charge in [0.25, 0.3) is 0 Å². The third-order valence-corrected chi connectivity index (χ3v) is 4.55. The van der Waals surface area contributed by atoms with Gasteiger partial charge in [0.15, 0.2) is 0 Å². The number of carbonyl (C=O) groups excluding carboxylic acids is 1. The van der Waals surface area contributed by atoms with Crippen molar-refractivity contribution in [1.82, 2.24) is 10.2 Å². The van der Waals surface area contributed by atoms with Gasteiger partial charge in [-0.15, -0.1) is 11.8 Å². The highest BCUT2D eigenvalue weighted by molar-refractivity contribution is 9.10. The molecule has 0 saturated carbocycles.